The maximum Gasteiger partial charge on any atom is 0.328 e. The lowest BCUT2D eigenvalue weighted by Gasteiger charge is -2.19. The molecule has 1 aromatic carbocycles. The fourth-order valence-corrected chi connectivity index (χ4v) is 2.67. The van der Waals surface area contributed by atoms with Crippen molar-refractivity contribution in [2.24, 2.45) is 0 Å². The molecule has 7 nitrogen and oxygen atoms in total. The van der Waals surface area contributed by atoms with Gasteiger partial charge in [-0.3, -0.25) is 14.2 Å². The number of aromatic amines is 1. The van der Waals surface area contributed by atoms with E-state index < -0.39 is 5.69 Å². The minimum Gasteiger partial charge on any atom is -0.322 e. The van der Waals surface area contributed by atoms with E-state index in [0.717, 1.165) is 17.4 Å². The topological polar surface area (TPSA) is 99.0 Å². The second-order valence-corrected chi connectivity index (χ2v) is 5.56. The summed E-state index contributed by atoms with van der Waals surface area (Å²) in [5.41, 5.74) is -0.167. The van der Waals surface area contributed by atoms with Crippen LogP contribution in [0.5, 0.6) is 0 Å². The van der Waals surface area contributed by atoms with E-state index in [4.69, 9.17) is 5.26 Å². The van der Waals surface area contributed by atoms with Gasteiger partial charge < -0.3 is 9.88 Å². The standard InChI is InChI=1S/C16H16N4O3/c1-2-19-15(22)12-6-3-10(9-13(12)18-16(19)23)14(21)20(8-7-17)11-4-5-11/h3,6,9,11H,2,4-5,8H2,1H3,(H,18,23). The number of nitriles is 1. The number of aromatic nitrogens is 2. The third-order valence-electron chi connectivity index (χ3n) is 4.03. The zero-order valence-corrected chi connectivity index (χ0v) is 12.7. The van der Waals surface area contributed by atoms with Crippen molar-refractivity contribution < 1.29 is 4.79 Å². The number of H-pyrrole nitrogens is 1. The third kappa shape index (κ3) is 2.63. The maximum absolute atomic E-state index is 12.6. The van der Waals surface area contributed by atoms with Crippen LogP contribution in [0.2, 0.25) is 0 Å². The zero-order chi connectivity index (χ0) is 16.6. The Balaban J connectivity index is 2.07. The molecule has 1 aliphatic rings. The van der Waals surface area contributed by atoms with Gasteiger partial charge >= 0.3 is 5.69 Å². The van der Waals surface area contributed by atoms with E-state index in [1.165, 1.54) is 11.0 Å². The molecule has 0 saturated heterocycles. The lowest BCUT2D eigenvalue weighted by molar-refractivity contribution is 0.0765. The molecular weight excluding hydrogens is 296 g/mol. The number of nitrogens with zero attached hydrogens (tertiary/aromatic N) is 3. The molecular formula is C16H16N4O3. The van der Waals surface area contributed by atoms with E-state index >= 15 is 0 Å². The highest BCUT2D eigenvalue weighted by Crippen LogP contribution is 2.28. The molecule has 0 unspecified atom stereocenters. The number of carbonyl (C=O) groups is 1. The zero-order valence-electron chi connectivity index (χ0n) is 12.7. The van der Waals surface area contributed by atoms with Gasteiger partial charge in [-0.15, -0.1) is 0 Å². The summed E-state index contributed by atoms with van der Waals surface area (Å²) in [6, 6.07) is 6.74. The van der Waals surface area contributed by atoms with Gasteiger partial charge in [-0.05, 0) is 38.0 Å². The number of benzene rings is 1. The van der Waals surface area contributed by atoms with E-state index in [-0.39, 0.29) is 30.6 Å². The van der Waals surface area contributed by atoms with Crippen molar-refractivity contribution in [3.05, 3.63) is 44.6 Å². The van der Waals surface area contributed by atoms with Crippen LogP contribution in [0.3, 0.4) is 0 Å². The Bertz CT molecular complexity index is 931. The Morgan fingerprint density at radius 1 is 1.43 bits per heavy atom. The van der Waals surface area contributed by atoms with Gasteiger partial charge in [-0.25, -0.2) is 4.79 Å². The molecule has 0 spiro atoms. The molecule has 1 aromatic heterocycles. The smallest absolute Gasteiger partial charge is 0.322 e. The highest BCUT2D eigenvalue weighted by Gasteiger charge is 2.32. The van der Waals surface area contributed by atoms with Gasteiger partial charge in [0.15, 0.2) is 0 Å². The van der Waals surface area contributed by atoms with Gasteiger partial charge in [0.25, 0.3) is 11.5 Å². The molecule has 1 saturated carbocycles. The number of rotatable bonds is 4. The molecule has 1 amide bonds. The number of nitrogens with one attached hydrogen (secondary N) is 1. The van der Waals surface area contributed by atoms with Gasteiger partial charge in [-0.2, -0.15) is 5.26 Å². The maximum atomic E-state index is 12.6. The van der Waals surface area contributed by atoms with Crippen LogP contribution < -0.4 is 11.2 Å². The van der Waals surface area contributed by atoms with E-state index in [2.05, 4.69) is 4.98 Å². The predicted octanol–water partition coefficient (Wildman–Crippen LogP) is 0.838. The van der Waals surface area contributed by atoms with E-state index in [9.17, 15) is 14.4 Å². The monoisotopic (exact) mass is 312 g/mol. The SMILES string of the molecule is CCn1c(=O)[nH]c2cc(C(=O)N(CC#N)C3CC3)ccc2c1=O. The summed E-state index contributed by atoms with van der Waals surface area (Å²) < 4.78 is 1.11. The molecule has 1 heterocycles. The summed E-state index contributed by atoms with van der Waals surface area (Å²) in [4.78, 5) is 40.8. The number of carbonyl (C=O) groups excluding carboxylic acids is 1. The number of hydrogen-bond donors (Lipinski definition) is 1. The third-order valence-corrected chi connectivity index (χ3v) is 4.03. The van der Waals surface area contributed by atoms with Crippen LogP contribution in [0.4, 0.5) is 0 Å². The van der Waals surface area contributed by atoms with Gasteiger partial charge in [0.05, 0.1) is 17.0 Å². The highest BCUT2D eigenvalue weighted by molar-refractivity contribution is 5.98. The van der Waals surface area contributed by atoms with Crippen LogP contribution in [0.15, 0.2) is 27.8 Å². The first kappa shape index (κ1) is 15.0. The van der Waals surface area contributed by atoms with Crippen LogP contribution in [-0.2, 0) is 6.54 Å². The molecule has 0 aliphatic heterocycles. The van der Waals surface area contributed by atoms with Crippen molar-refractivity contribution >= 4 is 16.8 Å². The molecule has 7 heteroatoms. The molecule has 1 fully saturated rings. The largest absolute Gasteiger partial charge is 0.328 e. The predicted molar refractivity (Wildman–Crippen MR) is 84.2 cm³/mol. The van der Waals surface area contributed by atoms with Crippen molar-refractivity contribution in [2.75, 3.05) is 6.54 Å². The van der Waals surface area contributed by atoms with Gasteiger partial charge in [0, 0.05) is 18.2 Å². The van der Waals surface area contributed by atoms with Gasteiger partial charge in [0.1, 0.15) is 6.54 Å². The first-order valence-electron chi connectivity index (χ1n) is 7.51. The summed E-state index contributed by atoms with van der Waals surface area (Å²) in [5.74, 6) is -0.253. The first-order valence-corrected chi connectivity index (χ1v) is 7.51. The first-order chi connectivity index (χ1) is 11.1. The summed E-state index contributed by atoms with van der Waals surface area (Å²) >= 11 is 0. The minimum absolute atomic E-state index is 0.0372. The van der Waals surface area contributed by atoms with Crippen LogP contribution >= 0.6 is 0 Å². The van der Waals surface area contributed by atoms with Crippen molar-refractivity contribution in [3.63, 3.8) is 0 Å². The van der Waals surface area contributed by atoms with Crippen molar-refractivity contribution in [1.29, 1.82) is 5.26 Å². The molecule has 0 radical (unpaired) electrons. The quantitative estimate of drug-likeness (QED) is 0.846. The number of amides is 1. The summed E-state index contributed by atoms with van der Waals surface area (Å²) in [5, 5.41) is 9.24. The molecule has 0 bridgehead atoms. The van der Waals surface area contributed by atoms with E-state index in [1.807, 2.05) is 6.07 Å². The van der Waals surface area contributed by atoms with E-state index in [0.29, 0.717) is 16.5 Å². The Morgan fingerprint density at radius 2 is 2.17 bits per heavy atom. The molecule has 23 heavy (non-hydrogen) atoms. The number of hydrogen-bond acceptors (Lipinski definition) is 4. The van der Waals surface area contributed by atoms with Crippen LogP contribution in [-0.4, -0.2) is 32.9 Å². The highest BCUT2D eigenvalue weighted by atomic mass is 16.2. The van der Waals surface area contributed by atoms with Crippen molar-refractivity contribution in [1.82, 2.24) is 14.5 Å². The molecule has 0 atom stereocenters. The molecule has 1 aliphatic carbocycles. The average molecular weight is 312 g/mol. The van der Waals surface area contributed by atoms with Crippen LogP contribution in [0, 0.1) is 11.3 Å². The molecule has 2 aromatic rings. The summed E-state index contributed by atoms with van der Waals surface area (Å²) in [7, 11) is 0. The fraction of sp³-hybridized carbons (Fsp3) is 0.375. The van der Waals surface area contributed by atoms with Crippen molar-refractivity contribution in [2.45, 2.75) is 32.4 Å². The summed E-state index contributed by atoms with van der Waals surface area (Å²) in [6.07, 6.45) is 1.80. The minimum atomic E-state index is -0.495. The molecule has 3 rings (SSSR count). The number of fused-ring (bicyclic) bond motifs is 1. The van der Waals surface area contributed by atoms with Gasteiger partial charge in [-0.1, -0.05) is 0 Å². The fourth-order valence-electron chi connectivity index (χ4n) is 2.67. The van der Waals surface area contributed by atoms with Crippen LogP contribution in [0.1, 0.15) is 30.1 Å². The lowest BCUT2D eigenvalue weighted by Crippen LogP contribution is -2.35. The van der Waals surface area contributed by atoms with E-state index in [1.54, 1.807) is 19.1 Å². The Kier molecular flexibility index (Phi) is 3.74. The summed E-state index contributed by atoms with van der Waals surface area (Å²) in [6.45, 7) is 2.04. The second-order valence-electron chi connectivity index (χ2n) is 5.56. The molecule has 118 valence electrons. The van der Waals surface area contributed by atoms with Crippen LogP contribution in [0.25, 0.3) is 10.9 Å². The van der Waals surface area contributed by atoms with Crippen molar-refractivity contribution in [3.8, 4) is 6.07 Å². The normalized spacial score (nSPS) is 13.7. The second kappa shape index (κ2) is 5.72. The Hall–Kier alpha value is -2.88. The van der Waals surface area contributed by atoms with Gasteiger partial charge in [0.2, 0.25) is 0 Å². The Labute approximate surface area is 131 Å². The lowest BCUT2D eigenvalue weighted by atomic mass is 10.1. The average Bonchev–Trinajstić information content (AvgIpc) is 3.36. The Morgan fingerprint density at radius 3 is 2.78 bits per heavy atom. The molecule has 1 N–H and O–H groups in total.